The second kappa shape index (κ2) is 5.39. The number of carbonyl (C=O) groups is 2. The maximum atomic E-state index is 12.4. The molecule has 0 spiro atoms. The van der Waals surface area contributed by atoms with Crippen molar-refractivity contribution in [3.8, 4) is 0 Å². The molecule has 0 unspecified atom stereocenters. The van der Waals surface area contributed by atoms with Crippen molar-refractivity contribution in [1.29, 1.82) is 0 Å². The van der Waals surface area contributed by atoms with E-state index in [0.717, 1.165) is 39.0 Å². The lowest BCUT2D eigenvalue weighted by Gasteiger charge is -2.41. The van der Waals surface area contributed by atoms with Crippen LogP contribution in [0.1, 0.15) is 46.0 Å². The Morgan fingerprint density at radius 2 is 2.06 bits per heavy atom. The van der Waals surface area contributed by atoms with Crippen LogP contribution in [0.4, 0.5) is 0 Å². The monoisotopic (exact) mass is 253 g/mol. The van der Waals surface area contributed by atoms with Crippen molar-refractivity contribution in [2.45, 2.75) is 51.5 Å². The van der Waals surface area contributed by atoms with Crippen LogP contribution in [0.15, 0.2) is 0 Å². The first kappa shape index (κ1) is 13.5. The number of hydrogen-bond acceptors (Lipinski definition) is 3. The van der Waals surface area contributed by atoms with Gasteiger partial charge in [-0.15, -0.1) is 0 Å². The van der Waals surface area contributed by atoms with E-state index in [2.05, 4.69) is 0 Å². The van der Waals surface area contributed by atoms with E-state index in [-0.39, 0.29) is 11.7 Å². The molecule has 0 bridgehead atoms. The highest BCUT2D eigenvalue weighted by molar-refractivity contribution is 5.93. The van der Waals surface area contributed by atoms with Gasteiger partial charge in [-0.25, -0.2) is 0 Å². The van der Waals surface area contributed by atoms with Crippen molar-refractivity contribution in [2.24, 2.45) is 5.92 Å². The summed E-state index contributed by atoms with van der Waals surface area (Å²) in [5.41, 5.74) is -0.611. The van der Waals surface area contributed by atoms with Crippen molar-refractivity contribution in [3.63, 3.8) is 0 Å². The first-order valence-electron chi connectivity index (χ1n) is 6.93. The summed E-state index contributed by atoms with van der Waals surface area (Å²) in [5.74, 6) is 0.758. The maximum absolute atomic E-state index is 12.4. The van der Waals surface area contributed by atoms with Crippen molar-refractivity contribution in [1.82, 2.24) is 4.90 Å². The van der Waals surface area contributed by atoms with Crippen LogP contribution in [0.25, 0.3) is 0 Å². The zero-order chi connectivity index (χ0) is 13.2. The van der Waals surface area contributed by atoms with Gasteiger partial charge in [-0.1, -0.05) is 0 Å². The molecule has 2 rings (SSSR count). The van der Waals surface area contributed by atoms with Crippen LogP contribution in [-0.2, 0) is 14.3 Å². The van der Waals surface area contributed by atoms with E-state index in [1.165, 1.54) is 0 Å². The molecule has 102 valence electrons. The van der Waals surface area contributed by atoms with Crippen LogP contribution in [0.5, 0.6) is 0 Å². The Morgan fingerprint density at radius 3 is 2.72 bits per heavy atom. The molecule has 0 aromatic carbocycles. The van der Waals surface area contributed by atoms with Gasteiger partial charge in [0.15, 0.2) is 5.78 Å². The second-order valence-electron chi connectivity index (χ2n) is 5.89. The van der Waals surface area contributed by atoms with Gasteiger partial charge in [0.25, 0.3) is 0 Å². The maximum Gasteiger partial charge on any atom is 0.223 e. The van der Waals surface area contributed by atoms with E-state index in [4.69, 9.17) is 4.74 Å². The van der Waals surface area contributed by atoms with Gasteiger partial charge in [0.05, 0.1) is 5.54 Å². The number of nitrogens with zero attached hydrogens (tertiary/aromatic N) is 1. The highest BCUT2D eigenvalue weighted by Gasteiger charge is 2.40. The molecule has 4 nitrogen and oxygen atoms in total. The first-order chi connectivity index (χ1) is 8.51. The number of carbonyl (C=O) groups excluding carboxylic acids is 2. The van der Waals surface area contributed by atoms with Gasteiger partial charge in [0, 0.05) is 32.6 Å². The molecule has 0 atom stereocenters. The summed E-state index contributed by atoms with van der Waals surface area (Å²) in [4.78, 5) is 26.1. The number of likely N-dealkylation sites (tertiary alicyclic amines) is 1. The average Bonchev–Trinajstić information content (AvgIpc) is 2.33. The molecule has 2 aliphatic rings. The number of rotatable bonds is 2. The van der Waals surface area contributed by atoms with Gasteiger partial charge >= 0.3 is 0 Å². The molecule has 0 aliphatic carbocycles. The van der Waals surface area contributed by atoms with Crippen LogP contribution in [0.2, 0.25) is 0 Å². The number of ketones is 1. The van der Waals surface area contributed by atoms with E-state index < -0.39 is 5.54 Å². The average molecular weight is 253 g/mol. The van der Waals surface area contributed by atoms with Crippen LogP contribution in [-0.4, -0.2) is 41.9 Å². The Balaban J connectivity index is 1.96. The van der Waals surface area contributed by atoms with Crippen LogP contribution in [0, 0.1) is 5.92 Å². The third-order valence-electron chi connectivity index (χ3n) is 4.25. The Morgan fingerprint density at radius 1 is 1.39 bits per heavy atom. The van der Waals surface area contributed by atoms with Gasteiger partial charge < -0.3 is 9.64 Å². The lowest BCUT2D eigenvalue weighted by atomic mass is 9.87. The number of piperidine rings is 1. The summed E-state index contributed by atoms with van der Waals surface area (Å²) >= 11 is 0. The van der Waals surface area contributed by atoms with Crippen LogP contribution < -0.4 is 0 Å². The van der Waals surface area contributed by atoms with Crippen molar-refractivity contribution >= 4 is 11.7 Å². The zero-order valence-corrected chi connectivity index (χ0v) is 11.4. The fraction of sp³-hybridized carbons (Fsp3) is 0.857. The predicted octanol–water partition coefficient (Wildman–Crippen LogP) is 1.77. The number of amides is 1. The zero-order valence-electron chi connectivity index (χ0n) is 11.4. The molecular weight excluding hydrogens is 230 g/mol. The molecule has 0 radical (unpaired) electrons. The van der Waals surface area contributed by atoms with Gasteiger partial charge in [-0.3, -0.25) is 9.59 Å². The van der Waals surface area contributed by atoms with Gasteiger partial charge in [0.1, 0.15) is 0 Å². The minimum Gasteiger partial charge on any atom is -0.381 e. The molecule has 2 aliphatic heterocycles. The number of ether oxygens (including phenoxy) is 1. The van der Waals surface area contributed by atoms with Crippen molar-refractivity contribution in [3.05, 3.63) is 0 Å². The molecule has 2 saturated heterocycles. The third-order valence-corrected chi connectivity index (χ3v) is 4.25. The Labute approximate surface area is 109 Å². The normalized spacial score (nSPS) is 25.2. The molecule has 18 heavy (non-hydrogen) atoms. The number of Topliss-reactive ketones (excluding diaryl/α,β-unsaturated/α-hetero) is 1. The van der Waals surface area contributed by atoms with Crippen molar-refractivity contribution < 1.29 is 14.3 Å². The van der Waals surface area contributed by atoms with Gasteiger partial charge in [0.2, 0.25) is 5.91 Å². The summed E-state index contributed by atoms with van der Waals surface area (Å²) in [6, 6.07) is 0. The molecule has 4 heteroatoms. The summed E-state index contributed by atoms with van der Waals surface area (Å²) in [5, 5.41) is 0. The quantitative estimate of drug-likeness (QED) is 0.753. The minimum absolute atomic E-state index is 0.139. The standard InChI is InChI=1S/C14H23NO3/c1-14(2)12(16)4-3-7-15(14)13(17)10-11-5-8-18-9-6-11/h11H,3-10H2,1-2H3. The topological polar surface area (TPSA) is 46.6 Å². The Kier molecular flexibility index (Phi) is 4.05. The second-order valence-corrected chi connectivity index (χ2v) is 5.89. The lowest BCUT2D eigenvalue weighted by molar-refractivity contribution is -0.149. The highest BCUT2D eigenvalue weighted by Crippen LogP contribution is 2.27. The molecular formula is C14H23NO3. The van der Waals surface area contributed by atoms with E-state index in [1.54, 1.807) is 4.90 Å². The Bertz CT molecular complexity index is 332. The number of hydrogen-bond donors (Lipinski definition) is 0. The molecule has 2 fully saturated rings. The highest BCUT2D eigenvalue weighted by atomic mass is 16.5. The first-order valence-corrected chi connectivity index (χ1v) is 6.93. The van der Waals surface area contributed by atoms with Crippen LogP contribution >= 0.6 is 0 Å². The Hall–Kier alpha value is -0.900. The SMILES string of the molecule is CC1(C)C(=O)CCCN1C(=O)CC1CCOCC1. The summed E-state index contributed by atoms with van der Waals surface area (Å²) in [6.07, 6.45) is 3.91. The lowest BCUT2D eigenvalue weighted by Crippen LogP contribution is -2.56. The molecule has 0 saturated carbocycles. The largest absolute Gasteiger partial charge is 0.381 e. The fourth-order valence-corrected chi connectivity index (χ4v) is 2.88. The summed E-state index contributed by atoms with van der Waals surface area (Å²) < 4.78 is 5.31. The van der Waals surface area contributed by atoms with E-state index in [1.807, 2.05) is 13.8 Å². The van der Waals surface area contributed by atoms with Gasteiger partial charge in [-0.05, 0) is 39.0 Å². The fourth-order valence-electron chi connectivity index (χ4n) is 2.88. The summed E-state index contributed by atoms with van der Waals surface area (Å²) in [7, 11) is 0. The molecule has 0 aromatic heterocycles. The van der Waals surface area contributed by atoms with E-state index in [0.29, 0.717) is 18.8 Å². The minimum atomic E-state index is -0.611. The molecule has 2 heterocycles. The molecule has 0 aromatic rings. The third kappa shape index (κ3) is 2.74. The van der Waals surface area contributed by atoms with Crippen molar-refractivity contribution in [2.75, 3.05) is 19.8 Å². The van der Waals surface area contributed by atoms with E-state index in [9.17, 15) is 9.59 Å². The van der Waals surface area contributed by atoms with Gasteiger partial charge in [-0.2, -0.15) is 0 Å². The predicted molar refractivity (Wildman–Crippen MR) is 68.2 cm³/mol. The smallest absolute Gasteiger partial charge is 0.223 e. The van der Waals surface area contributed by atoms with E-state index >= 15 is 0 Å². The molecule has 0 N–H and O–H groups in total. The summed E-state index contributed by atoms with van der Waals surface area (Å²) in [6.45, 7) is 5.99. The van der Waals surface area contributed by atoms with Crippen LogP contribution in [0.3, 0.4) is 0 Å². The molecule has 1 amide bonds.